The van der Waals surface area contributed by atoms with Crippen LogP contribution in [0.2, 0.25) is 0 Å². The predicted octanol–water partition coefficient (Wildman–Crippen LogP) is 5.01. The first-order valence-corrected chi connectivity index (χ1v) is 8.68. The lowest BCUT2D eigenvalue weighted by molar-refractivity contribution is -0.00761. The quantitative estimate of drug-likeness (QED) is 0.682. The molecule has 19 heavy (non-hydrogen) atoms. The van der Waals surface area contributed by atoms with E-state index in [1.165, 1.54) is 44.9 Å². The zero-order chi connectivity index (χ0) is 14.0. The summed E-state index contributed by atoms with van der Waals surface area (Å²) in [5, 5.41) is 3.90. The maximum atomic E-state index is 3.90. The fraction of sp³-hybridized carbons (Fsp3) is 1.00. The molecule has 0 aromatic rings. The van der Waals surface area contributed by atoms with Crippen LogP contribution in [-0.4, -0.2) is 11.6 Å². The van der Waals surface area contributed by atoms with Crippen molar-refractivity contribution in [3.05, 3.63) is 0 Å². The van der Waals surface area contributed by atoms with Crippen molar-refractivity contribution >= 4 is 0 Å². The molecule has 1 aliphatic carbocycles. The van der Waals surface area contributed by atoms with Gasteiger partial charge in [-0.15, -0.1) is 0 Å². The van der Waals surface area contributed by atoms with Gasteiger partial charge in [0.25, 0.3) is 0 Å². The lowest BCUT2D eigenvalue weighted by Crippen LogP contribution is -2.69. The molecule has 1 saturated carbocycles. The van der Waals surface area contributed by atoms with Crippen LogP contribution in [0, 0.1) is 23.7 Å². The standard InChI is InChI=1S/C18H35N/c1-13(2)6-8-16-10-18(11-16)12-17(19-18)9-7-15(5)14(3)4/h13-17,19H,6-12H2,1-5H3. The van der Waals surface area contributed by atoms with Crippen LogP contribution < -0.4 is 5.32 Å². The molecule has 2 atom stereocenters. The molecule has 0 bridgehead atoms. The fourth-order valence-electron chi connectivity index (χ4n) is 3.96. The van der Waals surface area contributed by atoms with Gasteiger partial charge >= 0.3 is 0 Å². The lowest BCUT2D eigenvalue weighted by atomic mass is 9.59. The van der Waals surface area contributed by atoms with E-state index in [-0.39, 0.29) is 0 Å². The second-order valence-corrected chi connectivity index (χ2v) is 8.37. The van der Waals surface area contributed by atoms with Gasteiger partial charge in [0.1, 0.15) is 0 Å². The molecule has 1 nitrogen and oxygen atoms in total. The minimum absolute atomic E-state index is 0.605. The molecule has 0 radical (unpaired) electrons. The Hall–Kier alpha value is -0.0400. The fourth-order valence-corrected chi connectivity index (χ4v) is 3.96. The molecular weight excluding hydrogens is 230 g/mol. The third-order valence-electron chi connectivity index (χ3n) is 5.77. The zero-order valence-electron chi connectivity index (χ0n) is 13.8. The van der Waals surface area contributed by atoms with Crippen molar-refractivity contribution in [2.24, 2.45) is 23.7 Å². The summed E-state index contributed by atoms with van der Waals surface area (Å²) in [7, 11) is 0. The highest BCUT2D eigenvalue weighted by atomic mass is 15.1. The highest BCUT2D eigenvalue weighted by Gasteiger charge is 2.51. The van der Waals surface area contributed by atoms with Gasteiger partial charge in [-0.2, -0.15) is 0 Å². The van der Waals surface area contributed by atoms with Crippen molar-refractivity contribution in [1.29, 1.82) is 0 Å². The predicted molar refractivity (Wildman–Crippen MR) is 84.3 cm³/mol. The van der Waals surface area contributed by atoms with Crippen molar-refractivity contribution in [2.75, 3.05) is 0 Å². The van der Waals surface area contributed by atoms with E-state index in [9.17, 15) is 0 Å². The number of hydrogen-bond donors (Lipinski definition) is 1. The molecular formula is C18H35N. The molecule has 0 aromatic heterocycles. The third-order valence-corrected chi connectivity index (χ3v) is 5.77. The van der Waals surface area contributed by atoms with Gasteiger partial charge in [0.2, 0.25) is 0 Å². The molecule has 2 aliphatic rings. The van der Waals surface area contributed by atoms with E-state index in [0.29, 0.717) is 5.54 Å². The van der Waals surface area contributed by atoms with E-state index in [4.69, 9.17) is 0 Å². The summed E-state index contributed by atoms with van der Waals surface area (Å²) in [6, 6.07) is 0.840. The Labute approximate surface area is 120 Å². The summed E-state index contributed by atoms with van der Waals surface area (Å²) in [6.07, 6.45) is 10.1. The summed E-state index contributed by atoms with van der Waals surface area (Å²) in [5.41, 5.74) is 0.605. The Morgan fingerprint density at radius 3 is 2.11 bits per heavy atom. The summed E-state index contributed by atoms with van der Waals surface area (Å²) in [6.45, 7) is 11.8. The first kappa shape index (κ1) is 15.4. The van der Waals surface area contributed by atoms with E-state index in [0.717, 1.165) is 29.7 Å². The Morgan fingerprint density at radius 2 is 1.58 bits per heavy atom. The lowest BCUT2D eigenvalue weighted by Gasteiger charge is -2.59. The highest BCUT2D eigenvalue weighted by Crippen LogP contribution is 2.49. The van der Waals surface area contributed by atoms with Gasteiger partial charge in [0.15, 0.2) is 0 Å². The molecule has 112 valence electrons. The first-order valence-electron chi connectivity index (χ1n) is 8.68. The minimum atomic E-state index is 0.605. The van der Waals surface area contributed by atoms with Gasteiger partial charge in [0.05, 0.1) is 0 Å². The molecule has 0 aromatic carbocycles. The Balaban J connectivity index is 1.55. The van der Waals surface area contributed by atoms with Crippen LogP contribution in [0.15, 0.2) is 0 Å². The van der Waals surface area contributed by atoms with Crippen LogP contribution in [0.1, 0.15) is 79.6 Å². The first-order chi connectivity index (χ1) is 8.90. The second-order valence-electron chi connectivity index (χ2n) is 8.37. The van der Waals surface area contributed by atoms with E-state index < -0.39 is 0 Å². The molecule has 1 heterocycles. The van der Waals surface area contributed by atoms with Crippen molar-refractivity contribution in [3.63, 3.8) is 0 Å². The van der Waals surface area contributed by atoms with Crippen LogP contribution >= 0.6 is 0 Å². The number of hydrogen-bond acceptors (Lipinski definition) is 1. The minimum Gasteiger partial charge on any atom is -0.308 e. The average molecular weight is 265 g/mol. The van der Waals surface area contributed by atoms with E-state index in [2.05, 4.69) is 39.9 Å². The molecule has 2 fully saturated rings. The normalized spacial score (nSPS) is 35.5. The van der Waals surface area contributed by atoms with E-state index in [1.54, 1.807) is 0 Å². The number of nitrogens with one attached hydrogen (secondary N) is 1. The smallest absolute Gasteiger partial charge is 0.0204 e. The molecule has 1 spiro atoms. The van der Waals surface area contributed by atoms with Crippen molar-refractivity contribution in [1.82, 2.24) is 5.32 Å². The monoisotopic (exact) mass is 265 g/mol. The van der Waals surface area contributed by atoms with Gasteiger partial charge < -0.3 is 5.32 Å². The largest absolute Gasteiger partial charge is 0.308 e. The van der Waals surface area contributed by atoms with Crippen LogP contribution in [-0.2, 0) is 0 Å². The average Bonchev–Trinajstić information content (AvgIpc) is 2.22. The van der Waals surface area contributed by atoms with Gasteiger partial charge in [0, 0.05) is 11.6 Å². The molecule has 2 unspecified atom stereocenters. The molecule has 2 rings (SSSR count). The zero-order valence-corrected chi connectivity index (χ0v) is 13.8. The summed E-state index contributed by atoms with van der Waals surface area (Å²) >= 11 is 0. The van der Waals surface area contributed by atoms with Crippen molar-refractivity contribution in [2.45, 2.75) is 91.1 Å². The van der Waals surface area contributed by atoms with E-state index in [1.807, 2.05) is 0 Å². The second kappa shape index (κ2) is 6.16. The van der Waals surface area contributed by atoms with Gasteiger partial charge in [-0.1, -0.05) is 47.5 Å². The van der Waals surface area contributed by atoms with Crippen LogP contribution in [0.4, 0.5) is 0 Å². The highest BCUT2D eigenvalue weighted by molar-refractivity contribution is 5.11. The molecule has 1 saturated heterocycles. The van der Waals surface area contributed by atoms with Gasteiger partial charge in [-0.05, 0) is 55.8 Å². The van der Waals surface area contributed by atoms with Crippen molar-refractivity contribution < 1.29 is 0 Å². The molecule has 1 heteroatoms. The topological polar surface area (TPSA) is 12.0 Å². The van der Waals surface area contributed by atoms with Crippen LogP contribution in [0.5, 0.6) is 0 Å². The summed E-state index contributed by atoms with van der Waals surface area (Å²) in [4.78, 5) is 0. The van der Waals surface area contributed by atoms with Crippen molar-refractivity contribution in [3.8, 4) is 0 Å². The molecule has 1 aliphatic heterocycles. The maximum absolute atomic E-state index is 3.90. The maximum Gasteiger partial charge on any atom is 0.0204 e. The number of rotatable bonds is 7. The summed E-state index contributed by atoms with van der Waals surface area (Å²) in [5.74, 6) is 3.65. The van der Waals surface area contributed by atoms with Gasteiger partial charge in [-0.3, -0.25) is 0 Å². The Morgan fingerprint density at radius 1 is 0.947 bits per heavy atom. The van der Waals surface area contributed by atoms with Crippen LogP contribution in [0.25, 0.3) is 0 Å². The van der Waals surface area contributed by atoms with E-state index >= 15 is 0 Å². The third kappa shape index (κ3) is 3.97. The Bertz CT molecular complexity index is 267. The molecule has 0 amide bonds. The SMILES string of the molecule is CC(C)CCC1CC2(C1)CC(CCC(C)C(C)C)N2. The Kier molecular flexibility index (Phi) is 4.98. The molecule has 1 N–H and O–H groups in total. The van der Waals surface area contributed by atoms with Crippen LogP contribution in [0.3, 0.4) is 0 Å². The summed E-state index contributed by atoms with van der Waals surface area (Å²) < 4.78 is 0. The van der Waals surface area contributed by atoms with Gasteiger partial charge in [-0.25, -0.2) is 0 Å².